The molecule has 0 N–H and O–H groups in total. The van der Waals surface area contributed by atoms with E-state index >= 15 is 0 Å². The van der Waals surface area contributed by atoms with Gasteiger partial charge in [0.15, 0.2) is 0 Å². The van der Waals surface area contributed by atoms with Crippen LogP contribution < -0.4 is 4.90 Å². The monoisotopic (exact) mass is 802 g/mol. The molecule has 0 bridgehead atoms. The van der Waals surface area contributed by atoms with Crippen LogP contribution in [0.3, 0.4) is 0 Å². The Labute approximate surface area is 363 Å². The summed E-state index contributed by atoms with van der Waals surface area (Å²) in [4.78, 5) is 2.40. The third-order valence-corrected chi connectivity index (χ3v) is 12.9. The zero-order chi connectivity index (χ0) is 41.4. The van der Waals surface area contributed by atoms with Crippen LogP contribution in [0.4, 0.5) is 17.1 Å². The third-order valence-electron chi connectivity index (χ3n) is 12.9. The van der Waals surface area contributed by atoms with Crippen LogP contribution in [0.2, 0.25) is 0 Å². The van der Waals surface area contributed by atoms with E-state index in [9.17, 15) is 0 Å². The molecule has 0 fully saturated rings. The molecule has 0 atom stereocenters. The van der Waals surface area contributed by atoms with Crippen LogP contribution in [0, 0.1) is 0 Å². The number of aromatic nitrogens is 1. The predicted octanol–water partition coefficient (Wildman–Crippen LogP) is 16.9. The molecule has 0 aliphatic carbocycles. The smallest absolute Gasteiger partial charge is 0.137 e. The minimum absolute atomic E-state index is 0.859. The lowest BCUT2D eigenvalue weighted by atomic mass is 9.94. The topological polar surface area (TPSA) is 21.3 Å². The van der Waals surface area contributed by atoms with Crippen molar-refractivity contribution >= 4 is 93.1 Å². The lowest BCUT2D eigenvalue weighted by Gasteiger charge is -2.26. The summed E-state index contributed by atoms with van der Waals surface area (Å²) >= 11 is 0. The van der Waals surface area contributed by atoms with E-state index in [0.29, 0.717) is 0 Å². The van der Waals surface area contributed by atoms with E-state index in [-0.39, 0.29) is 0 Å². The van der Waals surface area contributed by atoms with Gasteiger partial charge in [0.25, 0.3) is 0 Å². The lowest BCUT2D eigenvalue weighted by molar-refractivity contribution is 0.669. The number of hydrogen-bond donors (Lipinski definition) is 0. The van der Waals surface area contributed by atoms with Crippen LogP contribution in [0.1, 0.15) is 0 Å². The van der Waals surface area contributed by atoms with Gasteiger partial charge in [0, 0.05) is 50.2 Å². The van der Waals surface area contributed by atoms with Crippen LogP contribution in [0.25, 0.3) is 104 Å². The highest BCUT2D eigenvalue weighted by atomic mass is 16.3. The third kappa shape index (κ3) is 5.53. The van der Waals surface area contributed by atoms with Crippen LogP contribution in [-0.2, 0) is 0 Å². The van der Waals surface area contributed by atoms with E-state index in [1.165, 1.54) is 65.3 Å². The molecule has 11 aromatic carbocycles. The number of rotatable bonds is 6. The van der Waals surface area contributed by atoms with Gasteiger partial charge in [-0.05, 0) is 116 Å². The second kappa shape index (κ2) is 14.1. The number of anilines is 3. The molecule has 0 aliphatic rings. The minimum Gasteiger partial charge on any atom is -0.456 e. The number of furan rings is 1. The molecule has 0 aliphatic heterocycles. The molecule has 0 saturated heterocycles. The highest BCUT2D eigenvalue weighted by Crippen LogP contribution is 2.48. The van der Waals surface area contributed by atoms with Gasteiger partial charge in [-0.3, -0.25) is 0 Å². The number of hydrogen-bond acceptors (Lipinski definition) is 2. The summed E-state index contributed by atoms with van der Waals surface area (Å²) in [5, 5.41) is 12.1. The van der Waals surface area contributed by atoms with E-state index in [2.05, 4.69) is 228 Å². The van der Waals surface area contributed by atoms with Crippen molar-refractivity contribution < 1.29 is 4.42 Å². The molecule has 0 unspecified atom stereocenters. The highest BCUT2D eigenvalue weighted by molar-refractivity contribution is 6.26. The second-order valence-corrected chi connectivity index (χ2v) is 16.4. The Morgan fingerprint density at radius 3 is 1.62 bits per heavy atom. The van der Waals surface area contributed by atoms with Crippen molar-refractivity contribution in [3.05, 3.63) is 231 Å². The van der Waals surface area contributed by atoms with Crippen LogP contribution in [0.5, 0.6) is 0 Å². The van der Waals surface area contributed by atoms with Gasteiger partial charge in [-0.2, -0.15) is 0 Å². The van der Waals surface area contributed by atoms with Crippen molar-refractivity contribution in [2.24, 2.45) is 0 Å². The summed E-state index contributed by atoms with van der Waals surface area (Å²) in [7, 11) is 0. The molecule has 294 valence electrons. The average Bonchev–Trinajstić information content (AvgIpc) is 3.90. The summed E-state index contributed by atoms with van der Waals surface area (Å²) < 4.78 is 9.04. The van der Waals surface area contributed by atoms with Crippen molar-refractivity contribution in [2.75, 3.05) is 4.90 Å². The highest BCUT2D eigenvalue weighted by Gasteiger charge is 2.25. The quantitative estimate of drug-likeness (QED) is 0.156. The fraction of sp³-hybridized carbons (Fsp3) is 0. The van der Waals surface area contributed by atoms with Crippen LogP contribution in [0.15, 0.2) is 235 Å². The average molecular weight is 803 g/mol. The van der Waals surface area contributed by atoms with Crippen molar-refractivity contribution in [1.82, 2.24) is 4.57 Å². The molecule has 0 radical (unpaired) electrons. The summed E-state index contributed by atoms with van der Waals surface area (Å²) in [6, 6.07) is 83.6. The van der Waals surface area contributed by atoms with Crippen molar-refractivity contribution in [2.45, 2.75) is 0 Å². The molecule has 0 amide bonds. The van der Waals surface area contributed by atoms with Gasteiger partial charge in [-0.1, -0.05) is 158 Å². The standard InChI is InChI=1S/C60H38N2O/c1-4-17-39(18-5-1)41-35-52(40-19-6-2-7-20-40)60-54(36-41)59-55(61(42-21-8-3-9-22-42)44-32-34-51-50-27-14-15-30-57(50)63-58(51)38-44)28-16-29-56(59)62(60)43-31-33-49-47-25-11-10-23-45(47)46-24-12-13-26-48(46)53(49)37-43/h1-38H. The second-order valence-electron chi connectivity index (χ2n) is 16.4. The summed E-state index contributed by atoms with van der Waals surface area (Å²) in [6.07, 6.45) is 0. The maximum Gasteiger partial charge on any atom is 0.137 e. The SMILES string of the molecule is c1ccc(-c2cc(-c3ccccc3)c3c(c2)c2c(N(c4ccccc4)c4ccc5c(c4)oc4ccccc45)cccc2n3-c2ccc3c4ccccc4c4ccccc4c3c2)cc1. The Kier molecular flexibility index (Phi) is 7.91. The van der Waals surface area contributed by atoms with E-state index in [1.807, 2.05) is 12.1 Å². The number of benzene rings is 11. The van der Waals surface area contributed by atoms with Gasteiger partial charge in [-0.25, -0.2) is 0 Å². The summed E-state index contributed by atoms with van der Waals surface area (Å²) in [6.45, 7) is 0. The molecule has 0 saturated carbocycles. The summed E-state index contributed by atoms with van der Waals surface area (Å²) in [5.74, 6) is 0. The maximum atomic E-state index is 6.53. The molecule has 13 rings (SSSR count). The fourth-order valence-corrected chi connectivity index (χ4v) is 10.2. The largest absolute Gasteiger partial charge is 0.456 e. The maximum absolute atomic E-state index is 6.53. The molecular weight excluding hydrogens is 765 g/mol. The molecule has 13 aromatic rings. The lowest BCUT2D eigenvalue weighted by Crippen LogP contribution is -2.10. The first-order chi connectivity index (χ1) is 31.3. The molecule has 2 aromatic heterocycles. The van der Waals surface area contributed by atoms with Crippen molar-refractivity contribution in [3.63, 3.8) is 0 Å². The Morgan fingerprint density at radius 1 is 0.333 bits per heavy atom. The fourth-order valence-electron chi connectivity index (χ4n) is 10.2. The Balaban J connectivity index is 1.17. The van der Waals surface area contributed by atoms with E-state index < -0.39 is 0 Å². The molecule has 2 heterocycles. The van der Waals surface area contributed by atoms with Gasteiger partial charge < -0.3 is 13.9 Å². The molecule has 0 spiro atoms. The number of para-hydroxylation sites is 2. The zero-order valence-corrected chi connectivity index (χ0v) is 34.2. The van der Waals surface area contributed by atoms with Gasteiger partial charge in [0.05, 0.1) is 16.7 Å². The normalized spacial score (nSPS) is 11.8. The first-order valence-electron chi connectivity index (χ1n) is 21.6. The first-order valence-corrected chi connectivity index (χ1v) is 21.6. The molecule has 3 nitrogen and oxygen atoms in total. The van der Waals surface area contributed by atoms with Gasteiger partial charge in [0.1, 0.15) is 11.2 Å². The first kappa shape index (κ1) is 35.4. The molecule has 63 heavy (non-hydrogen) atoms. The van der Waals surface area contributed by atoms with Crippen LogP contribution >= 0.6 is 0 Å². The van der Waals surface area contributed by atoms with Gasteiger partial charge in [-0.15, -0.1) is 0 Å². The van der Waals surface area contributed by atoms with E-state index in [1.54, 1.807) is 0 Å². The van der Waals surface area contributed by atoms with Crippen LogP contribution in [-0.4, -0.2) is 4.57 Å². The van der Waals surface area contributed by atoms with E-state index in [0.717, 1.165) is 55.7 Å². The minimum atomic E-state index is 0.859. The zero-order valence-electron chi connectivity index (χ0n) is 34.2. The van der Waals surface area contributed by atoms with Crippen molar-refractivity contribution in [1.29, 1.82) is 0 Å². The number of fused-ring (bicyclic) bond motifs is 12. The molecule has 3 heteroatoms. The number of nitrogens with zero attached hydrogens (tertiary/aromatic N) is 2. The Morgan fingerprint density at radius 2 is 0.905 bits per heavy atom. The van der Waals surface area contributed by atoms with E-state index in [4.69, 9.17) is 4.42 Å². The van der Waals surface area contributed by atoms with Gasteiger partial charge >= 0.3 is 0 Å². The Bertz CT molecular complexity index is 3870. The molecular formula is C60H38N2O. The van der Waals surface area contributed by atoms with Gasteiger partial charge in [0.2, 0.25) is 0 Å². The van der Waals surface area contributed by atoms with Crippen molar-refractivity contribution in [3.8, 4) is 27.9 Å². The summed E-state index contributed by atoms with van der Waals surface area (Å²) in [5.41, 5.74) is 13.0. The predicted molar refractivity (Wildman–Crippen MR) is 266 cm³/mol. The Hall–Kier alpha value is -8.40.